The molecule has 0 aliphatic rings. The Morgan fingerprint density at radius 2 is 1.13 bits per heavy atom. The number of carboxylic acid groups (broad SMARTS) is 1. The van der Waals surface area contributed by atoms with Crippen molar-refractivity contribution in [2.75, 3.05) is 20.8 Å². The SMILES string of the molecule is C=C(C)C[C@H](OC)[C@@H](CO)OC(=O)c1ccccc1.C=C(C)C[C@H](OC)[C@H](OC(=O)c1ccccc1)C(=O)O. The van der Waals surface area contributed by atoms with E-state index in [1.165, 1.54) is 14.2 Å². The molecular formula is C30H38O9. The fourth-order valence-corrected chi connectivity index (χ4v) is 3.42. The zero-order valence-corrected chi connectivity index (χ0v) is 22.9. The van der Waals surface area contributed by atoms with Crippen molar-refractivity contribution in [3.8, 4) is 0 Å². The maximum Gasteiger partial charge on any atom is 0.347 e. The summed E-state index contributed by atoms with van der Waals surface area (Å²) < 4.78 is 20.7. The van der Waals surface area contributed by atoms with Crippen molar-refractivity contribution in [2.24, 2.45) is 0 Å². The number of aliphatic hydroxyl groups excluding tert-OH is 1. The molecule has 2 aromatic carbocycles. The molecule has 4 atom stereocenters. The number of methoxy groups -OCH3 is 2. The van der Waals surface area contributed by atoms with E-state index < -0.39 is 42.3 Å². The van der Waals surface area contributed by atoms with Crippen LogP contribution in [-0.4, -0.2) is 73.4 Å². The second kappa shape index (κ2) is 17.7. The first kappa shape index (κ1) is 33.2. The zero-order valence-electron chi connectivity index (χ0n) is 22.9. The average Bonchev–Trinajstić information content (AvgIpc) is 2.93. The Kier molecular flexibility index (Phi) is 15.1. The largest absolute Gasteiger partial charge is 0.478 e. The normalized spacial score (nSPS) is 13.5. The van der Waals surface area contributed by atoms with Gasteiger partial charge in [-0.3, -0.25) is 0 Å². The van der Waals surface area contributed by atoms with Gasteiger partial charge in [0.2, 0.25) is 6.10 Å². The highest BCUT2D eigenvalue weighted by atomic mass is 16.6. The number of esters is 2. The predicted octanol–water partition coefficient (Wildman–Crippen LogP) is 4.46. The van der Waals surface area contributed by atoms with Crippen molar-refractivity contribution in [3.63, 3.8) is 0 Å². The summed E-state index contributed by atoms with van der Waals surface area (Å²) in [6.45, 7) is 10.8. The summed E-state index contributed by atoms with van der Waals surface area (Å²) in [5.74, 6) is -2.41. The molecule has 0 aliphatic carbocycles. The Labute approximate surface area is 229 Å². The van der Waals surface area contributed by atoms with Gasteiger partial charge in [0, 0.05) is 14.2 Å². The lowest BCUT2D eigenvalue weighted by molar-refractivity contribution is -0.155. The third-order valence-corrected chi connectivity index (χ3v) is 5.39. The molecule has 0 heterocycles. The van der Waals surface area contributed by atoms with Crippen molar-refractivity contribution < 1.29 is 43.5 Å². The van der Waals surface area contributed by atoms with Gasteiger partial charge in [-0.05, 0) is 51.0 Å². The molecule has 2 rings (SSSR count). The molecule has 9 nitrogen and oxygen atoms in total. The van der Waals surface area contributed by atoms with E-state index in [9.17, 15) is 24.6 Å². The van der Waals surface area contributed by atoms with Gasteiger partial charge in [0.15, 0.2) is 6.10 Å². The standard InChI is InChI=1S/C15H18O5.C15H20O4/c1-10(2)9-12(19-3)13(14(16)17)20-15(18)11-7-5-4-6-8-11;1-11(2)9-13(18-3)14(10-16)19-15(17)12-7-5-4-6-8-12/h4-8,12-13H,1,9H2,2-3H3,(H,16,17);4-8,13-14,16H,1,9-10H2,2-3H3/t12-,13-;13-,14+/m00/s1. The monoisotopic (exact) mass is 542 g/mol. The Hall–Kier alpha value is -3.79. The van der Waals surface area contributed by atoms with E-state index in [1.54, 1.807) is 61.5 Å². The molecular weight excluding hydrogens is 504 g/mol. The number of aliphatic carboxylic acids is 1. The van der Waals surface area contributed by atoms with Crippen LogP contribution in [0.3, 0.4) is 0 Å². The van der Waals surface area contributed by atoms with E-state index in [2.05, 4.69) is 13.2 Å². The summed E-state index contributed by atoms with van der Waals surface area (Å²) in [4.78, 5) is 35.1. The summed E-state index contributed by atoms with van der Waals surface area (Å²) in [5, 5.41) is 18.5. The quantitative estimate of drug-likeness (QED) is 0.262. The highest BCUT2D eigenvalue weighted by Gasteiger charge is 2.32. The second-order valence-corrected chi connectivity index (χ2v) is 8.89. The summed E-state index contributed by atoms with van der Waals surface area (Å²) >= 11 is 0. The Morgan fingerprint density at radius 1 is 0.718 bits per heavy atom. The van der Waals surface area contributed by atoms with Crippen molar-refractivity contribution in [3.05, 3.63) is 96.1 Å². The van der Waals surface area contributed by atoms with Gasteiger partial charge < -0.3 is 29.2 Å². The minimum Gasteiger partial charge on any atom is -0.478 e. The first-order valence-corrected chi connectivity index (χ1v) is 12.2. The number of carbonyl (C=O) groups excluding carboxylic acids is 2. The van der Waals surface area contributed by atoms with E-state index in [1.807, 2.05) is 13.0 Å². The van der Waals surface area contributed by atoms with Crippen LogP contribution in [0.4, 0.5) is 0 Å². The van der Waals surface area contributed by atoms with Crippen molar-refractivity contribution in [1.82, 2.24) is 0 Å². The number of hydrogen-bond acceptors (Lipinski definition) is 8. The number of ether oxygens (including phenoxy) is 4. The molecule has 9 heteroatoms. The molecule has 2 aromatic rings. The van der Waals surface area contributed by atoms with Crippen molar-refractivity contribution >= 4 is 17.9 Å². The fourth-order valence-electron chi connectivity index (χ4n) is 3.42. The van der Waals surface area contributed by atoms with Gasteiger partial charge in [-0.15, -0.1) is 13.2 Å². The number of carbonyl (C=O) groups is 3. The van der Waals surface area contributed by atoms with E-state index in [0.29, 0.717) is 24.0 Å². The lowest BCUT2D eigenvalue weighted by Gasteiger charge is -2.24. The number of benzene rings is 2. The molecule has 0 bridgehead atoms. The molecule has 0 unspecified atom stereocenters. The molecule has 0 saturated carbocycles. The van der Waals surface area contributed by atoms with Crippen molar-refractivity contribution in [1.29, 1.82) is 0 Å². The van der Waals surface area contributed by atoms with E-state index in [-0.39, 0.29) is 6.61 Å². The second-order valence-electron chi connectivity index (χ2n) is 8.89. The third kappa shape index (κ3) is 12.1. The van der Waals surface area contributed by atoms with Gasteiger partial charge in [0.1, 0.15) is 12.2 Å². The van der Waals surface area contributed by atoms with Gasteiger partial charge >= 0.3 is 17.9 Å². The zero-order chi connectivity index (χ0) is 29.4. The number of aliphatic hydroxyl groups is 1. The van der Waals surface area contributed by atoms with Gasteiger partial charge in [-0.2, -0.15) is 0 Å². The van der Waals surface area contributed by atoms with Gasteiger partial charge in [0.25, 0.3) is 0 Å². The average molecular weight is 543 g/mol. The summed E-state index contributed by atoms with van der Waals surface area (Å²) in [6, 6.07) is 16.9. The molecule has 0 aliphatic heterocycles. The smallest absolute Gasteiger partial charge is 0.347 e. The molecule has 2 N–H and O–H groups in total. The molecule has 0 amide bonds. The van der Waals surface area contributed by atoms with Gasteiger partial charge in [-0.25, -0.2) is 14.4 Å². The maximum absolute atomic E-state index is 11.9. The van der Waals surface area contributed by atoms with Gasteiger partial charge in [-0.1, -0.05) is 47.5 Å². The molecule has 39 heavy (non-hydrogen) atoms. The van der Waals surface area contributed by atoms with Crippen LogP contribution in [0, 0.1) is 0 Å². The summed E-state index contributed by atoms with van der Waals surface area (Å²) in [6.07, 6.45) is -2.40. The van der Waals surface area contributed by atoms with Crippen LogP contribution >= 0.6 is 0 Å². The highest BCUT2D eigenvalue weighted by molar-refractivity contribution is 5.91. The van der Waals surface area contributed by atoms with Crippen LogP contribution in [0.15, 0.2) is 85.0 Å². The minimum absolute atomic E-state index is 0.287. The molecule has 0 spiro atoms. The number of hydrogen-bond donors (Lipinski definition) is 2. The molecule has 0 saturated heterocycles. The van der Waals surface area contributed by atoms with Crippen LogP contribution in [0.1, 0.15) is 47.4 Å². The lowest BCUT2D eigenvalue weighted by atomic mass is 10.1. The first-order valence-electron chi connectivity index (χ1n) is 12.2. The molecule has 0 fully saturated rings. The Morgan fingerprint density at radius 3 is 1.49 bits per heavy atom. The third-order valence-electron chi connectivity index (χ3n) is 5.39. The lowest BCUT2D eigenvalue weighted by Crippen LogP contribution is -2.39. The summed E-state index contributed by atoms with van der Waals surface area (Å²) in [7, 11) is 2.90. The van der Waals surface area contributed by atoms with Gasteiger partial charge in [0.05, 0.1) is 17.7 Å². The van der Waals surface area contributed by atoms with Crippen LogP contribution in [0.25, 0.3) is 0 Å². The van der Waals surface area contributed by atoms with E-state index in [0.717, 1.165) is 11.1 Å². The van der Waals surface area contributed by atoms with E-state index in [4.69, 9.17) is 18.9 Å². The molecule has 212 valence electrons. The summed E-state index contributed by atoms with van der Waals surface area (Å²) in [5.41, 5.74) is 2.40. The van der Waals surface area contributed by atoms with Crippen LogP contribution in [0.2, 0.25) is 0 Å². The van der Waals surface area contributed by atoms with Crippen molar-refractivity contribution in [2.45, 2.75) is 51.1 Å². The first-order chi connectivity index (χ1) is 18.5. The Balaban J connectivity index is 0.000000391. The predicted molar refractivity (Wildman–Crippen MR) is 146 cm³/mol. The highest BCUT2D eigenvalue weighted by Crippen LogP contribution is 2.16. The van der Waals surface area contributed by atoms with Crippen LogP contribution < -0.4 is 0 Å². The van der Waals surface area contributed by atoms with E-state index >= 15 is 0 Å². The van der Waals surface area contributed by atoms with Crippen LogP contribution in [0.5, 0.6) is 0 Å². The fraction of sp³-hybridized carbons (Fsp3) is 0.367. The number of carboxylic acids is 1. The van der Waals surface area contributed by atoms with Crippen LogP contribution in [-0.2, 0) is 23.7 Å². The topological polar surface area (TPSA) is 129 Å². The molecule has 0 aromatic heterocycles. The molecule has 0 radical (unpaired) electrons. The minimum atomic E-state index is -1.37. The maximum atomic E-state index is 11.9. The number of rotatable bonds is 14. The Bertz CT molecular complexity index is 1070.